The molecule has 0 aliphatic heterocycles. The molecule has 1 aliphatic carbocycles. The van der Waals surface area contributed by atoms with E-state index < -0.39 is 0 Å². The fourth-order valence-corrected chi connectivity index (χ4v) is 4.82. The summed E-state index contributed by atoms with van der Waals surface area (Å²) in [6.07, 6.45) is 7.24. The quantitative estimate of drug-likeness (QED) is 0.240. The third kappa shape index (κ3) is 8.68. The third-order valence-corrected chi connectivity index (χ3v) is 6.69. The largest absolute Gasteiger partial charge is 0.490 e. The van der Waals surface area contributed by atoms with Crippen molar-refractivity contribution in [1.82, 2.24) is 5.32 Å². The average Bonchev–Trinajstić information content (AvgIpc) is 2.84. The molecule has 0 spiro atoms. The van der Waals surface area contributed by atoms with Gasteiger partial charge in [-0.25, -0.2) is 0 Å². The molecule has 9 heteroatoms. The number of hydrogen-bond acceptors (Lipinski definition) is 6. The van der Waals surface area contributed by atoms with Crippen molar-refractivity contribution in [1.29, 1.82) is 0 Å². The summed E-state index contributed by atoms with van der Waals surface area (Å²) in [5.41, 5.74) is 7.89. The van der Waals surface area contributed by atoms with E-state index in [1.165, 1.54) is 23.7 Å². The number of thioether (sulfide) groups is 1. The van der Waals surface area contributed by atoms with E-state index in [-0.39, 0.29) is 18.6 Å². The van der Waals surface area contributed by atoms with Crippen LogP contribution in [0.3, 0.4) is 0 Å². The van der Waals surface area contributed by atoms with Gasteiger partial charge in [-0.15, -0.1) is 5.10 Å². The number of nitrogens with two attached hydrogens (primary N) is 1. The Morgan fingerprint density at radius 1 is 1.21 bits per heavy atom. The summed E-state index contributed by atoms with van der Waals surface area (Å²) < 4.78 is 12.2. The number of halogens is 1. The fraction of sp³-hybridized carbons (Fsp3) is 0.400. The van der Waals surface area contributed by atoms with Crippen LogP contribution in [0, 0.1) is 0 Å². The van der Waals surface area contributed by atoms with E-state index in [0.29, 0.717) is 27.7 Å². The van der Waals surface area contributed by atoms with Crippen molar-refractivity contribution in [3.8, 4) is 11.5 Å². The maximum Gasteiger partial charge on any atom is 0.258 e. The monoisotopic (exact) mass is 546 g/mol. The van der Waals surface area contributed by atoms with E-state index in [2.05, 4.69) is 31.4 Å². The van der Waals surface area contributed by atoms with Crippen molar-refractivity contribution in [3.63, 3.8) is 0 Å². The van der Waals surface area contributed by atoms with E-state index in [9.17, 15) is 4.79 Å². The smallest absolute Gasteiger partial charge is 0.258 e. The molecule has 3 N–H and O–H groups in total. The highest BCUT2D eigenvalue weighted by atomic mass is 79.9. The Labute approximate surface area is 213 Å². The predicted octanol–water partition coefficient (Wildman–Crippen LogP) is 5.26. The Kier molecular flexibility index (Phi) is 10.8. The SMILES string of the molecule is CCOc1cc(C=NN=C(N)SCc2ccccc2)cc(Br)c1OCC(=O)NC1CCCCC1. The summed E-state index contributed by atoms with van der Waals surface area (Å²) >= 11 is 4.95. The minimum absolute atomic E-state index is 0.0674. The number of carbonyl (C=O) groups excluding carboxylic acids is 1. The molecule has 0 bridgehead atoms. The van der Waals surface area contributed by atoms with Gasteiger partial charge in [-0.3, -0.25) is 4.79 Å². The fourth-order valence-electron chi connectivity index (χ4n) is 3.63. The van der Waals surface area contributed by atoms with Crippen molar-refractivity contribution >= 4 is 45.0 Å². The van der Waals surface area contributed by atoms with Gasteiger partial charge in [-0.1, -0.05) is 61.4 Å². The summed E-state index contributed by atoms with van der Waals surface area (Å²) in [5.74, 6) is 1.62. The molecular weight excluding hydrogens is 516 g/mol. The van der Waals surface area contributed by atoms with Crippen molar-refractivity contribution in [3.05, 3.63) is 58.1 Å². The number of rotatable bonds is 10. The van der Waals surface area contributed by atoms with E-state index in [1.54, 1.807) is 12.3 Å². The van der Waals surface area contributed by atoms with E-state index >= 15 is 0 Å². The van der Waals surface area contributed by atoms with Crippen LogP contribution in [0.2, 0.25) is 0 Å². The van der Waals surface area contributed by atoms with Gasteiger partial charge in [0.15, 0.2) is 23.3 Å². The second-order valence-corrected chi connectivity index (χ2v) is 9.76. The number of hydrogen-bond donors (Lipinski definition) is 2. The molecule has 0 heterocycles. The molecule has 2 aromatic rings. The summed E-state index contributed by atoms with van der Waals surface area (Å²) in [6, 6.07) is 13.9. The van der Waals surface area contributed by atoms with Gasteiger partial charge in [0.25, 0.3) is 5.91 Å². The van der Waals surface area contributed by atoms with Crippen molar-refractivity contribution in [2.75, 3.05) is 13.2 Å². The van der Waals surface area contributed by atoms with Gasteiger partial charge in [-0.05, 0) is 59.0 Å². The number of nitrogens with one attached hydrogen (secondary N) is 1. The van der Waals surface area contributed by atoms with Gasteiger partial charge < -0.3 is 20.5 Å². The highest BCUT2D eigenvalue weighted by molar-refractivity contribution is 9.10. The first kappa shape index (κ1) is 26.1. The van der Waals surface area contributed by atoms with Gasteiger partial charge in [0.1, 0.15) is 0 Å². The van der Waals surface area contributed by atoms with Crippen molar-refractivity contribution < 1.29 is 14.3 Å². The van der Waals surface area contributed by atoms with E-state index in [0.717, 1.165) is 37.0 Å². The number of amidine groups is 1. The maximum absolute atomic E-state index is 12.3. The molecule has 182 valence electrons. The van der Waals surface area contributed by atoms with Crippen LogP contribution in [-0.4, -0.2) is 36.5 Å². The zero-order valence-electron chi connectivity index (χ0n) is 19.3. The molecule has 1 amide bonds. The Balaban J connectivity index is 1.58. The second-order valence-electron chi connectivity index (χ2n) is 7.91. The van der Waals surface area contributed by atoms with Gasteiger partial charge in [-0.2, -0.15) is 5.10 Å². The topological polar surface area (TPSA) is 98.3 Å². The molecule has 0 aromatic heterocycles. The Bertz CT molecular complexity index is 995. The molecule has 2 aromatic carbocycles. The molecule has 3 rings (SSSR count). The lowest BCUT2D eigenvalue weighted by atomic mass is 9.95. The Morgan fingerprint density at radius 3 is 2.71 bits per heavy atom. The summed E-state index contributed by atoms with van der Waals surface area (Å²) in [4.78, 5) is 12.3. The Hall–Kier alpha value is -2.52. The molecule has 0 saturated heterocycles. The van der Waals surface area contributed by atoms with Gasteiger partial charge in [0, 0.05) is 11.8 Å². The zero-order valence-corrected chi connectivity index (χ0v) is 21.7. The Morgan fingerprint density at radius 2 is 1.97 bits per heavy atom. The van der Waals surface area contributed by atoms with Crippen LogP contribution in [-0.2, 0) is 10.5 Å². The number of amides is 1. The summed E-state index contributed by atoms with van der Waals surface area (Å²) in [5, 5.41) is 11.6. The lowest BCUT2D eigenvalue weighted by Crippen LogP contribution is -2.39. The normalized spacial score (nSPS) is 14.8. The van der Waals surface area contributed by atoms with Crippen LogP contribution in [0.1, 0.15) is 50.2 Å². The standard InChI is InChI=1S/C25H31BrN4O3S/c1-2-32-22-14-19(15-28-30-25(27)34-17-18-9-5-3-6-10-18)13-21(26)24(22)33-16-23(31)29-20-11-7-4-8-12-20/h3,5-6,9-10,13-15,20H,2,4,7-8,11-12,16-17H2,1H3,(H2,27,30)(H,29,31). The minimum Gasteiger partial charge on any atom is -0.490 e. The van der Waals surface area contributed by atoms with Crippen molar-refractivity contribution in [2.24, 2.45) is 15.9 Å². The summed E-state index contributed by atoms with van der Waals surface area (Å²) in [6.45, 7) is 2.28. The lowest BCUT2D eigenvalue weighted by molar-refractivity contribution is -0.124. The highest BCUT2D eigenvalue weighted by Gasteiger charge is 2.18. The highest BCUT2D eigenvalue weighted by Crippen LogP contribution is 2.36. The van der Waals surface area contributed by atoms with Gasteiger partial charge in [0.05, 0.1) is 17.3 Å². The molecule has 0 radical (unpaired) electrons. The van der Waals surface area contributed by atoms with Crippen molar-refractivity contribution in [2.45, 2.75) is 50.8 Å². The van der Waals surface area contributed by atoms with Crippen LogP contribution < -0.4 is 20.5 Å². The lowest BCUT2D eigenvalue weighted by Gasteiger charge is -2.23. The van der Waals surface area contributed by atoms with Crippen LogP contribution in [0.25, 0.3) is 0 Å². The van der Waals surface area contributed by atoms with E-state index in [4.69, 9.17) is 15.2 Å². The first-order valence-electron chi connectivity index (χ1n) is 11.5. The maximum atomic E-state index is 12.3. The van der Waals surface area contributed by atoms with Gasteiger partial charge >= 0.3 is 0 Å². The third-order valence-electron chi connectivity index (χ3n) is 5.24. The number of carbonyl (C=O) groups is 1. The van der Waals surface area contributed by atoms with Crippen LogP contribution >= 0.6 is 27.7 Å². The minimum atomic E-state index is -0.121. The number of benzene rings is 2. The first-order chi connectivity index (χ1) is 16.5. The first-order valence-corrected chi connectivity index (χ1v) is 13.2. The molecule has 7 nitrogen and oxygen atoms in total. The zero-order chi connectivity index (χ0) is 24.2. The average molecular weight is 548 g/mol. The molecule has 0 atom stereocenters. The number of ether oxygens (including phenoxy) is 2. The molecule has 0 unspecified atom stereocenters. The molecule has 34 heavy (non-hydrogen) atoms. The predicted molar refractivity (Wildman–Crippen MR) is 143 cm³/mol. The van der Waals surface area contributed by atoms with Crippen LogP contribution in [0.5, 0.6) is 11.5 Å². The second kappa shape index (κ2) is 14.0. The molecule has 1 fully saturated rings. The molecule has 1 saturated carbocycles. The number of nitrogens with zero attached hydrogens (tertiary/aromatic N) is 2. The van der Waals surface area contributed by atoms with Gasteiger partial charge in [0.2, 0.25) is 0 Å². The summed E-state index contributed by atoms with van der Waals surface area (Å²) in [7, 11) is 0. The molecular formula is C25H31BrN4O3S. The molecule has 1 aliphatic rings. The van der Waals surface area contributed by atoms with E-state index in [1.807, 2.05) is 43.3 Å². The van der Waals surface area contributed by atoms with Crippen LogP contribution in [0.4, 0.5) is 0 Å². The van der Waals surface area contributed by atoms with Crippen LogP contribution in [0.15, 0.2) is 57.1 Å².